The van der Waals surface area contributed by atoms with Crippen molar-refractivity contribution in [2.75, 3.05) is 18.8 Å². The van der Waals surface area contributed by atoms with E-state index in [9.17, 15) is 9.18 Å². The molecule has 1 aliphatic heterocycles. The van der Waals surface area contributed by atoms with Gasteiger partial charge in [-0.2, -0.15) is 0 Å². The van der Waals surface area contributed by atoms with E-state index in [1.54, 1.807) is 12.3 Å². The van der Waals surface area contributed by atoms with Crippen LogP contribution >= 0.6 is 0 Å². The number of aromatic nitrogens is 1. The number of pyridine rings is 1. The first-order valence-corrected chi connectivity index (χ1v) is 9.00. The highest BCUT2D eigenvalue weighted by molar-refractivity contribution is 6.11. The molecule has 1 saturated heterocycles. The van der Waals surface area contributed by atoms with Crippen LogP contribution in [0.2, 0.25) is 0 Å². The van der Waals surface area contributed by atoms with Gasteiger partial charge in [0.1, 0.15) is 11.6 Å². The quantitative estimate of drug-likeness (QED) is 0.667. The Kier molecular flexibility index (Phi) is 4.49. The van der Waals surface area contributed by atoms with E-state index in [1.807, 2.05) is 31.2 Å². The van der Waals surface area contributed by atoms with Crippen molar-refractivity contribution in [3.63, 3.8) is 0 Å². The maximum atomic E-state index is 14.3. The van der Waals surface area contributed by atoms with Gasteiger partial charge in [-0.05, 0) is 48.5 Å². The second-order valence-corrected chi connectivity index (χ2v) is 6.92. The second-order valence-electron chi connectivity index (χ2n) is 6.92. The number of anilines is 1. The SMILES string of the molecule is Cc1cccc(F)c1-c1ccc2c(C(=O)NC3CCNC3)c(N)ncc2c1. The molecule has 27 heavy (non-hydrogen) atoms. The van der Waals surface area contributed by atoms with Gasteiger partial charge in [-0.3, -0.25) is 4.79 Å². The number of aryl methyl sites for hydroxylation is 1. The summed E-state index contributed by atoms with van der Waals surface area (Å²) in [6, 6.07) is 10.6. The number of hydrogen-bond donors (Lipinski definition) is 3. The minimum Gasteiger partial charge on any atom is -0.383 e. The molecule has 1 aromatic heterocycles. The van der Waals surface area contributed by atoms with Crippen LogP contribution in [0.3, 0.4) is 0 Å². The summed E-state index contributed by atoms with van der Waals surface area (Å²) < 4.78 is 14.3. The predicted octanol–water partition coefficient (Wildman–Crippen LogP) is 3.02. The molecule has 4 N–H and O–H groups in total. The zero-order valence-electron chi connectivity index (χ0n) is 15.1. The summed E-state index contributed by atoms with van der Waals surface area (Å²) in [5.74, 6) is -0.306. The molecule has 0 radical (unpaired) electrons. The number of nitrogens with zero attached hydrogens (tertiary/aromatic N) is 1. The Morgan fingerprint density at radius 2 is 2.19 bits per heavy atom. The van der Waals surface area contributed by atoms with Gasteiger partial charge in [-0.15, -0.1) is 0 Å². The number of nitrogens with one attached hydrogen (secondary N) is 2. The van der Waals surface area contributed by atoms with Gasteiger partial charge in [0, 0.05) is 29.7 Å². The fourth-order valence-electron chi connectivity index (χ4n) is 3.67. The van der Waals surface area contributed by atoms with Crippen molar-refractivity contribution in [3.05, 3.63) is 59.5 Å². The van der Waals surface area contributed by atoms with Gasteiger partial charge in [-0.1, -0.05) is 24.3 Å². The first-order valence-electron chi connectivity index (χ1n) is 9.00. The van der Waals surface area contributed by atoms with Crippen LogP contribution in [0, 0.1) is 12.7 Å². The highest BCUT2D eigenvalue weighted by Crippen LogP contribution is 2.31. The zero-order chi connectivity index (χ0) is 19.0. The van der Waals surface area contributed by atoms with Crippen LogP contribution in [0.25, 0.3) is 21.9 Å². The van der Waals surface area contributed by atoms with E-state index >= 15 is 0 Å². The Labute approximate surface area is 156 Å². The molecule has 0 bridgehead atoms. The largest absolute Gasteiger partial charge is 0.383 e. The zero-order valence-corrected chi connectivity index (χ0v) is 15.1. The van der Waals surface area contributed by atoms with Crippen LogP contribution in [-0.2, 0) is 0 Å². The molecule has 0 saturated carbocycles. The lowest BCUT2D eigenvalue weighted by Crippen LogP contribution is -2.36. The fourth-order valence-corrected chi connectivity index (χ4v) is 3.67. The molecule has 6 heteroatoms. The molecular formula is C21H21FN4O. The first-order chi connectivity index (χ1) is 13.0. The van der Waals surface area contributed by atoms with Crippen molar-refractivity contribution in [1.82, 2.24) is 15.6 Å². The molecule has 5 nitrogen and oxygen atoms in total. The third-order valence-corrected chi connectivity index (χ3v) is 5.05. The number of hydrogen-bond acceptors (Lipinski definition) is 4. The van der Waals surface area contributed by atoms with Crippen LogP contribution in [0.4, 0.5) is 10.2 Å². The normalized spacial score (nSPS) is 16.6. The molecule has 2 aromatic carbocycles. The van der Waals surface area contributed by atoms with Crippen molar-refractivity contribution in [2.24, 2.45) is 0 Å². The minimum absolute atomic E-state index is 0.0903. The molecule has 1 amide bonds. The van der Waals surface area contributed by atoms with E-state index in [0.29, 0.717) is 16.5 Å². The smallest absolute Gasteiger partial charge is 0.255 e. The summed E-state index contributed by atoms with van der Waals surface area (Å²) in [5, 5.41) is 7.69. The molecule has 2 heterocycles. The molecule has 0 spiro atoms. The Hall–Kier alpha value is -2.99. The number of rotatable bonds is 3. The van der Waals surface area contributed by atoms with Crippen molar-refractivity contribution < 1.29 is 9.18 Å². The Balaban J connectivity index is 1.78. The summed E-state index contributed by atoms with van der Waals surface area (Å²) in [7, 11) is 0. The lowest BCUT2D eigenvalue weighted by atomic mass is 9.96. The van der Waals surface area contributed by atoms with Crippen LogP contribution in [0.1, 0.15) is 22.3 Å². The lowest BCUT2D eigenvalue weighted by molar-refractivity contribution is 0.0942. The minimum atomic E-state index is -0.274. The molecule has 1 atom stereocenters. The van der Waals surface area contributed by atoms with E-state index in [2.05, 4.69) is 15.6 Å². The molecule has 3 aromatic rings. The maximum Gasteiger partial charge on any atom is 0.255 e. The molecule has 1 unspecified atom stereocenters. The number of benzene rings is 2. The third kappa shape index (κ3) is 3.24. The van der Waals surface area contributed by atoms with Crippen molar-refractivity contribution in [2.45, 2.75) is 19.4 Å². The highest BCUT2D eigenvalue weighted by atomic mass is 19.1. The molecule has 1 fully saturated rings. The van der Waals surface area contributed by atoms with Crippen molar-refractivity contribution in [1.29, 1.82) is 0 Å². The van der Waals surface area contributed by atoms with Crippen LogP contribution < -0.4 is 16.4 Å². The second kappa shape index (κ2) is 6.96. The average molecular weight is 364 g/mol. The number of carbonyl (C=O) groups is 1. The first kappa shape index (κ1) is 17.4. The van der Waals surface area contributed by atoms with Gasteiger partial charge in [0.25, 0.3) is 5.91 Å². The van der Waals surface area contributed by atoms with Crippen molar-refractivity contribution >= 4 is 22.5 Å². The van der Waals surface area contributed by atoms with E-state index in [-0.39, 0.29) is 23.6 Å². The fraction of sp³-hybridized carbons (Fsp3) is 0.238. The van der Waals surface area contributed by atoms with Crippen LogP contribution in [-0.4, -0.2) is 30.0 Å². The molecular weight excluding hydrogens is 343 g/mol. The van der Waals surface area contributed by atoms with Gasteiger partial charge in [0.15, 0.2) is 0 Å². The number of fused-ring (bicyclic) bond motifs is 1. The standard InChI is InChI=1S/C21H21FN4O/c1-12-3-2-4-17(22)18(12)13-5-6-16-14(9-13)10-25-20(23)19(16)21(27)26-15-7-8-24-11-15/h2-6,9-10,15,24H,7-8,11H2,1H3,(H2,23,25)(H,26,27). The number of carbonyl (C=O) groups excluding carboxylic acids is 1. The number of amides is 1. The number of nitrogen functional groups attached to an aromatic ring is 1. The Morgan fingerprint density at radius 1 is 1.33 bits per heavy atom. The summed E-state index contributed by atoms with van der Waals surface area (Å²) >= 11 is 0. The Morgan fingerprint density at radius 3 is 2.93 bits per heavy atom. The van der Waals surface area contributed by atoms with E-state index < -0.39 is 0 Å². The lowest BCUT2D eigenvalue weighted by Gasteiger charge is -2.15. The van der Waals surface area contributed by atoms with E-state index in [0.717, 1.165) is 36.0 Å². The topological polar surface area (TPSA) is 80.0 Å². The Bertz CT molecular complexity index is 1010. The predicted molar refractivity (Wildman–Crippen MR) is 105 cm³/mol. The molecule has 0 aliphatic carbocycles. The third-order valence-electron chi connectivity index (χ3n) is 5.05. The molecule has 138 valence electrons. The summed E-state index contributed by atoms with van der Waals surface area (Å²) in [4.78, 5) is 17.0. The summed E-state index contributed by atoms with van der Waals surface area (Å²) in [6.07, 6.45) is 2.51. The van der Waals surface area contributed by atoms with Gasteiger partial charge in [-0.25, -0.2) is 9.37 Å². The molecule has 1 aliphatic rings. The van der Waals surface area contributed by atoms with E-state index in [1.165, 1.54) is 6.07 Å². The van der Waals surface area contributed by atoms with E-state index in [4.69, 9.17) is 5.73 Å². The highest BCUT2D eigenvalue weighted by Gasteiger charge is 2.21. The summed E-state index contributed by atoms with van der Waals surface area (Å²) in [5.41, 5.74) is 8.54. The van der Waals surface area contributed by atoms with Gasteiger partial charge in [0.05, 0.1) is 5.56 Å². The van der Waals surface area contributed by atoms with Crippen LogP contribution in [0.5, 0.6) is 0 Å². The summed E-state index contributed by atoms with van der Waals surface area (Å²) in [6.45, 7) is 3.51. The van der Waals surface area contributed by atoms with Gasteiger partial charge < -0.3 is 16.4 Å². The number of halogens is 1. The average Bonchev–Trinajstić information content (AvgIpc) is 3.14. The monoisotopic (exact) mass is 364 g/mol. The van der Waals surface area contributed by atoms with Crippen LogP contribution in [0.15, 0.2) is 42.6 Å². The van der Waals surface area contributed by atoms with Gasteiger partial charge in [0.2, 0.25) is 0 Å². The number of nitrogens with two attached hydrogens (primary N) is 1. The van der Waals surface area contributed by atoms with Crippen molar-refractivity contribution in [3.8, 4) is 11.1 Å². The van der Waals surface area contributed by atoms with Gasteiger partial charge >= 0.3 is 0 Å². The maximum absolute atomic E-state index is 14.3. The molecule has 4 rings (SSSR count).